The molecule has 26 heavy (non-hydrogen) atoms. The summed E-state index contributed by atoms with van der Waals surface area (Å²) in [5.74, 6) is 0.417. The molecule has 0 unspecified atom stereocenters. The lowest BCUT2D eigenvalue weighted by atomic mass is 10.0. The van der Waals surface area contributed by atoms with Crippen LogP contribution in [0, 0.1) is 0 Å². The Morgan fingerprint density at radius 3 is 2.35 bits per heavy atom. The average Bonchev–Trinajstić information content (AvgIpc) is 2.65. The zero-order valence-corrected chi connectivity index (χ0v) is 15.9. The molecule has 0 saturated heterocycles. The number of hydrogen-bond donors (Lipinski definition) is 1. The van der Waals surface area contributed by atoms with Crippen LogP contribution in [0.4, 0.5) is 0 Å². The molecule has 1 amide bonds. The van der Waals surface area contributed by atoms with Crippen molar-refractivity contribution in [3.8, 4) is 11.5 Å². The van der Waals surface area contributed by atoms with Crippen molar-refractivity contribution in [2.24, 2.45) is 0 Å². The molecule has 0 fully saturated rings. The first-order chi connectivity index (χ1) is 12.3. The van der Waals surface area contributed by atoms with Gasteiger partial charge in [-0.15, -0.1) is 0 Å². The third-order valence-electron chi connectivity index (χ3n) is 3.98. The van der Waals surface area contributed by atoms with Crippen LogP contribution in [0.5, 0.6) is 11.5 Å². The number of amides is 1. The number of carbonyl (C=O) groups excluding carboxylic acids is 2. The summed E-state index contributed by atoms with van der Waals surface area (Å²) in [5, 5.41) is 9.58. The molecule has 1 rings (SSSR count). The normalized spacial score (nSPS) is 11.3. The van der Waals surface area contributed by atoms with Gasteiger partial charge in [-0.1, -0.05) is 6.07 Å². The largest absolute Gasteiger partial charge is 0.493 e. The molecule has 144 valence electrons. The lowest BCUT2D eigenvalue weighted by molar-refractivity contribution is -0.142. The number of hydrogen-bond acceptors (Lipinski definition) is 6. The van der Waals surface area contributed by atoms with Gasteiger partial charge in [0, 0.05) is 12.6 Å². The SMILES string of the molecule is COC(=O)CCN(C(=O)/C=C/c1ccc(OC)c(OC)c1)C(C)(C)CO. The van der Waals surface area contributed by atoms with Gasteiger partial charge in [-0.3, -0.25) is 9.59 Å². The summed E-state index contributed by atoms with van der Waals surface area (Å²) in [7, 11) is 4.38. The minimum atomic E-state index is -0.812. The van der Waals surface area contributed by atoms with Crippen LogP contribution in [-0.2, 0) is 14.3 Å². The van der Waals surface area contributed by atoms with Crippen molar-refractivity contribution in [2.45, 2.75) is 25.8 Å². The molecule has 0 aliphatic rings. The van der Waals surface area contributed by atoms with Crippen molar-refractivity contribution in [3.63, 3.8) is 0 Å². The van der Waals surface area contributed by atoms with E-state index in [1.54, 1.807) is 45.2 Å². The minimum absolute atomic E-state index is 0.0515. The fourth-order valence-corrected chi connectivity index (χ4v) is 2.32. The molecule has 0 bridgehead atoms. The predicted octanol–water partition coefficient (Wildman–Crippen LogP) is 1.88. The fourth-order valence-electron chi connectivity index (χ4n) is 2.32. The summed E-state index contributed by atoms with van der Waals surface area (Å²) in [6.07, 6.45) is 3.09. The van der Waals surface area contributed by atoms with Crippen LogP contribution in [0.15, 0.2) is 24.3 Å². The number of aliphatic hydroxyl groups excluding tert-OH is 1. The van der Waals surface area contributed by atoms with E-state index in [9.17, 15) is 14.7 Å². The summed E-state index contributed by atoms with van der Waals surface area (Å²) in [6, 6.07) is 5.29. The first-order valence-corrected chi connectivity index (χ1v) is 8.18. The highest BCUT2D eigenvalue weighted by molar-refractivity contribution is 5.92. The zero-order valence-electron chi connectivity index (χ0n) is 15.9. The highest BCUT2D eigenvalue weighted by atomic mass is 16.5. The van der Waals surface area contributed by atoms with Gasteiger partial charge < -0.3 is 24.2 Å². The number of rotatable bonds is 9. The van der Waals surface area contributed by atoms with Gasteiger partial charge in [0.1, 0.15) is 0 Å². The molecule has 1 aromatic carbocycles. The van der Waals surface area contributed by atoms with E-state index < -0.39 is 11.5 Å². The Morgan fingerprint density at radius 1 is 1.15 bits per heavy atom. The van der Waals surface area contributed by atoms with Crippen LogP contribution in [-0.4, -0.2) is 61.9 Å². The fraction of sp³-hybridized carbons (Fsp3) is 0.474. The van der Waals surface area contributed by atoms with Gasteiger partial charge in [-0.2, -0.15) is 0 Å². The van der Waals surface area contributed by atoms with E-state index in [0.717, 1.165) is 5.56 Å². The minimum Gasteiger partial charge on any atom is -0.493 e. The van der Waals surface area contributed by atoms with Crippen LogP contribution >= 0.6 is 0 Å². The topological polar surface area (TPSA) is 85.3 Å². The lowest BCUT2D eigenvalue weighted by Gasteiger charge is -2.36. The number of benzene rings is 1. The molecule has 0 aromatic heterocycles. The number of nitrogens with zero attached hydrogens (tertiary/aromatic N) is 1. The van der Waals surface area contributed by atoms with Crippen molar-refractivity contribution < 1.29 is 28.9 Å². The van der Waals surface area contributed by atoms with E-state index in [4.69, 9.17) is 9.47 Å². The monoisotopic (exact) mass is 365 g/mol. The zero-order chi connectivity index (χ0) is 19.7. The standard InChI is InChI=1S/C19H27NO6/c1-19(2,13-21)20(11-10-18(23)26-5)17(22)9-7-14-6-8-15(24-3)16(12-14)25-4/h6-9,12,21H,10-11,13H2,1-5H3/b9-7+. The Hall–Kier alpha value is -2.54. The Kier molecular flexibility index (Phi) is 8.12. The van der Waals surface area contributed by atoms with Crippen molar-refractivity contribution in [1.29, 1.82) is 0 Å². The van der Waals surface area contributed by atoms with Crippen molar-refractivity contribution >= 4 is 18.0 Å². The number of methoxy groups -OCH3 is 3. The highest BCUT2D eigenvalue weighted by Crippen LogP contribution is 2.28. The summed E-state index contributed by atoms with van der Waals surface area (Å²) in [4.78, 5) is 25.5. The van der Waals surface area contributed by atoms with Crippen molar-refractivity contribution in [2.75, 3.05) is 34.5 Å². The molecule has 0 spiro atoms. The van der Waals surface area contributed by atoms with Gasteiger partial charge in [-0.25, -0.2) is 0 Å². The van der Waals surface area contributed by atoms with Crippen LogP contribution in [0.2, 0.25) is 0 Å². The van der Waals surface area contributed by atoms with Crippen molar-refractivity contribution in [1.82, 2.24) is 4.90 Å². The smallest absolute Gasteiger partial charge is 0.307 e. The highest BCUT2D eigenvalue weighted by Gasteiger charge is 2.29. The predicted molar refractivity (Wildman–Crippen MR) is 98.1 cm³/mol. The third-order valence-corrected chi connectivity index (χ3v) is 3.98. The lowest BCUT2D eigenvalue weighted by Crippen LogP contribution is -2.50. The van der Waals surface area contributed by atoms with Gasteiger partial charge >= 0.3 is 5.97 Å². The molecule has 0 radical (unpaired) electrons. The maximum atomic E-state index is 12.6. The molecule has 1 aromatic rings. The molecular weight excluding hydrogens is 338 g/mol. The number of esters is 1. The van der Waals surface area contributed by atoms with E-state index >= 15 is 0 Å². The Labute approximate surface area is 154 Å². The van der Waals surface area contributed by atoms with Crippen LogP contribution in [0.25, 0.3) is 6.08 Å². The van der Waals surface area contributed by atoms with Gasteiger partial charge in [0.25, 0.3) is 0 Å². The second-order valence-corrected chi connectivity index (χ2v) is 6.23. The van der Waals surface area contributed by atoms with Gasteiger partial charge in [0.15, 0.2) is 11.5 Å². The van der Waals surface area contributed by atoms with Gasteiger partial charge in [-0.05, 0) is 37.6 Å². The second kappa shape index (κ2) is 9.82. The molecule has 7 heteroatoms. The number of aliphatic hydroxyl groups is 1. The Balaban J connectivity index is 2.97. The van der Waals surface area contributed by atoms with E-state index in [2.05, 4.69) is 4.74 Å². The molecule has 1 N–H and O–H groups in total. The second-order valence-electron chi connectivity index (χ2n) is 6.23. The van der Waals surface area contributed by atoms with Crippen LogP contribution in [0.1, 0.15) is 25.8 Å². The third kappa shape index (κ3) is 5.77. The van der Waals surface area contributed by atoms with Gasteiger partial charge in [0.2, 0.25) is 5.91 Å². The van der Waals surface area contributed by atoms with Crippen LogP contribution < -0.4 is 9.47 Å². The molecule has 0 saturated carbocycles. The molecule has 0 atom stereocenters. The summed E-state index contributed by atoms with van der Waals surface area (Å²) in [6.45, 7) is 3.37. The molecule has 0 aliphatic carbocycles. The maximum absolute atomic E-state index is 12.6. The van der Waals surface area contributed by atoms with E-state index in [1.807, 2.05) is 0 Å². The number of ether oxygens (including phenoxy) is 3. The van der Waals surface area contributed by atoms with E-state index in [-0.39, 0.29) is 25.5 Å². The average molecular weight is 365 g/mol. The van der Waals surface area contributed by atoms with Crippen molar-refractivity contribution in [3.05, 3.63) is 29.8 Å². The van der Waals surface area contributed by atoms with Crippen LogP contribution in [0.3, 0.4) is 0 Å². The summed E-state index contributed by atoms with van der Waals surface area (Å²) < 4.78 is 15.0. The first-order valence-electron chi connectivity index (χ1n) is 8.18. The van der Waals surface area contributed by atoms with Gasteiger partial charge in [0.05, 0.1) is 39.9 Å². The summed E-state index contributed by atoms with van der Waals surface area (Å²) in [5.41, 5.74) is -0.0572. The maximum Gasteiger partial charge on any atom is 0.307 e. The number of carbonyl (C=O) groups is 2. The Morgan fingerprint density at radius 2 is 1.81 bits per heavy atom. The quantitative estimate of drug-likeness (QED) is 0.531. The Bertz CT molecular complexity index is 653. The molecule has 0 aliphatic heterocycles. The summed E-state index contributed by atoms with van der Waals surface area (Å²) >= 11 is 0. The molecule has 7 nitrogen and oxygen atoms in total. The van der Waals surface area contributed by atoms with E-state index in [0.29, 0.717) is 11.5 Å². The first kappa shape index (κ1) is 21.5. The molecule has 0 heterocycles. The van der Waals surface area contributed by atoms with E-state index in [1.165, 1.54) is 25.2 Å². The molecular formula is C19H27NO6.